The summed E-state index contributed by atoms with van der Waals surface area (Å²) < 4.78 is 0. The van der Waals surface area contributed by atoms with Crippen molar-refractivity contribution in [2.75, 3.05) is 0 Å². The summed E-state index contributed by atoms with van der Waals surface area (Å²) >= 11 is 0. The largest absolute Gasteiger partial charge is 0.247 e. The molecule has 0 N–H and O–H groups in total. The summed E-state index contributed by atoms with van der Waals surface area (Å²) in [7, 11) is 0. The molecule has 0 aliphatic heterocycles. The normalized spacial score (nSPS) is 31.8. The van der Waals surface area contributed by atoms with Gasteiger partial charge in [-0.2, -0.15) is 10.2 Å². The lowest BCUT2D eigenvalue weighted by Crippen LogP contribution is -2.31. The van der Waals surface area contributed by atoms with Crippen LogP contribution in [-0.2, 0) is 5.41 Å². The SMILES string of the molecule is CC12CCC(c3nc4cnncc4nc31)C2(C)C. The first-order valence-corrected chi connectivity index (χ1v) is 6.53. The van der Waals surface area contributed by atoms with E-state index >= 15 is 0 Å². The van der Waals surface area contributed by atoms with Crippen molar-refractivity contribution < 1.29 is 0 Å². The standard InChI is InChI=1S/C14H16N4/c1-13(2)8-4-5-14(13,3)12-11(8)17-9-6-15-16-7-10(9)18-12/h6-8H,4-5H2,1-3H3. The van der Waals surface area contributed by atoms with Crippen LogP contribution in [0.5, 0.6) is 0 Å². The molecule has 4 nitrogen and oxygen atoms in total. The van der Waals surface area contributed by atoms with Crippen LogP contribution in [0.4, 0.5) is 0 Å². The number of rotatable bonds is 0. The van der Waals surface area contributed by atoms with Gasteiger partial charge in [-0.25, -0.2) is 9.97 Å². The van der Waals surface area contributed by atoms with Crippen molar-refractivity contribution in [3.05, 3.63) is 23.8 Å². The Balaban J connectivity index is 2.08. The van der Waals surface area contributed by atoms with Gasteiger partial charge in [0.2, 0.25) is 0 Å². The number of aromatic nitrogens is 4. The second-order valence-electron chi connectivity index (χ2n) is 6.36. The minimum Gasteiger partial charge on any atom is -0.247 e. The highest BCUT2D eigenvalue weighted by Crippen LogP contribution is 2.66. The molecule has 4 heteroatoms. The molecule has 4 rings (SSSR count). The van der Waals surface area contributed by atoms with Gasteiger partial charge in [-0.1, -0.05) is 20.8 Å². The van der Waals surface area contributed by atoms with Gasteiger partial charge < -0.3 is 0 Å². The first-order valence-electron chi connectivity index (χ1n) is 6.53. The van der Waals surface area contributed by atoms with Crippen LogP contribution in [0.2, 0.25) is 0 Å². The van der Waals surface area contributed by atoms with Crippen molar-refractivity contribution >= 4 is 11.0 Å². The maximum atomic E-state index is 4.84. The van der Waals surface area contributed by atoms with Crippen molar-refractivity contribution in [2.24, 2.45) is 5.41 Å². The maximum absolute atomic E-state index is 4.84. The third-order valence-electron chi connectivity index (χ3n) is 5.48. The van der Waals surface area contributed by atoms with Gasteiger partial charge in [0.15, 0.2) is 0 Å². The third kappa shape index (κ3) is 0.945. The van der Waals surface area contributed by atoms with Crippen molar-refractivity contribution in [1.82, 2.24) is 20.2 Å². The first kappa shape index (κ1) is 10.4. The van der Waals surface area contributed by atoms with Crippen molar-refractivity contribution in [1.29, 1.82) is 0 Å². The quantitative estimate of drug-likeness (QED) is 0.710. The summed E-state index contributed by atoms with van der Waals surface area (Å²) in [6, 6.07) is 0. The number of nitrogens with zero attached hydrogens (tertiary/aromatic N) is 4. The fraction of sp³-hybridized carbons (Fsp3) is 0.571. The molecule has 1 fully saturated rings. The molecule has 2 unspecified atom stereocenters. The molecule has 2 aliphatic rings. The summed E-state index contributed by atoms with van der Waals surface area (Å²) in [5.41, 5.74) is 4.56. The van der Waals surface area contributed by atoms with E-state index in [9.17, 15) is 0 Å². The summed E-state index contributed by atoms with van der Waals surface area (Å²) in [4.78, 5) is 9.66. The maximum Gasteiger partial charge on any atom is 0.111 e. The molecule has 2 aromatic rings. The lowest BCUT2D eigenvalue weighted by Gasteiger charge is -2.34. The molecule has 2 atom stereocenters. The summed E-state index contributed by atoms with van der Waals surface area (Å²) in [5.74, 6) is 0.544. The zero-order chi connectivity index (χ0) is 12.5. The minimum atomic E-state index is 0.164. The first-order chi connectivity index (χ1) is 8.54. The van der Waals surface area contributed by atoms with Gasteiger partial charge in [-0.3, -0.25) is 0 Å². The molecule has 0 saturated heterocycles. The highest BCUT2D eigenvalue weighted by Gasteiger charge is 2.61. The van der Waals surface area contributed by atoms with E-state index in [1.165, 1.54) is 24.2 Å². The van der Waals surface area contributed by atoms with Crippen molar-refractivity contribution in [3.8, 4) is 0 Å². The van der Waals surface area contributed by atoms with Crippen molar-refractivity contribution in [2.45, 2.75) is 44.9 Å². The van der Waals surface area contributed by atoms with E-state index in [-0.39, 0.29) is 10.8 Å². The molecule has 2 aliphatic carbocycles. The van der Waals surface area contributed by atoms with Crippen molar-refractivity contribution in [3.63, 3.8) is 0 Å². The van der Waals surface area contributed by atoms with Gasteiger partial charge in [0.05, 0.1) is 23.8 Å². The van der Waals surface area contributed by atoms with E-state index in [1.807, 2.05) is 0 Å². The van der Waals surface area contributed by atoms with Gasteiger partial charge in [0, 0.05) is 11.3 Å². The zero-order valence-corrected chi connectivity index (χ0v) is 10.9. The molecular formula is C14H16N4. The van der Waals surface area contributed by atoms with E-state index in [2.05, 4.69) is 31.0 Å². The van der Waals surface area contributed by atoms with Crippen LogP contribution in [-0.4, -0.2) is 20.2 Å². The molecule has 2 aromatic heterocycles. The fourth-order valence-corrected chi connectivity index (χ4v) is 3.89. The Morgan fingerprint density at radius 3 is 2.44 bits per heavy atom. The van der Waals surface area contributed by atoms with Gasteiger partial charge in [0.25, 0.3) is 0 Å². The topological polar surface area (TPSA) is 51.6 Å². The van der Waals surface area contributed by atoms with E-state index in [4.69, 9.17) is 9.97 Å². The number of fused-ring (bicyclic) bond motifs is 6. The summed E-state index contributed by atoms with van der Waals surface area (Å²) in [6.45, 7) is 7.05. The molecule has 0 amide bonds. The second kappa shape index (κ2) is 2.87. The monoisotopic (exact) mass is 240 g/mol. The van der Waals surface area contributed by atoms with Crippen LogP contribution in [0.25, 0.3) is 11.0 Å². The Morgan fingerprint density at radius 1 is 1.06 bits per heavy atom. The molecule has 92 valence electrons. The molecule has 0 radical (unpaired) electrons. The molecule has 18 heavy (non-hydrogen) atoms. The fourth-order valence-electron chi connectivity index (χ4n) is 3.89. The molecular weight excluding hydrogens is 224 g/mol. The van der Waals surface area contributed by atoms with E-state index in [0.717, 1.165) is 11.0 Å². The summed E-state index contributed by atoms with van der Waals surface area (Å²) in [6.07, 6.45) is 5.88. The molecule has 0 spiro atoms. The third-order valence-corrected chi connectivity index (χ3v) is 5.48. The molecule has 1 saturated carbocycles. The predicted octanol–water partition coefficient (Wildman–Crippen LogP) is 2.59. The Kier molecular flexibility index (Phi) is 1.65. The minimum absolute atomic E-state index is 0.164. The zero-order valence-electron chi connectivity index (χ0n) is 10.9. The molecule has 2 bridgehead atoms. The van der Waals surface area contributed by atoms with Crippen LogP contribution in [0.3, 0.4) is 0 Å². The Labute approximate surface area is 106 Å². The predicted molar refractivity (Wildman–Crippen MR) is 68.2 cm³/mol. The van der Waals surface area contributed by atoms with E-state index in [0.29, 0.717) is 5.92 Å². The van der Waals surface area contributed by atoms with Gasteiger partial charge in [-0.05, 0) is 18.3 Å². The lowest BCUT2D eigenvalue weighted by atomic mass is 9.70. The Bertz CT molecular complexity index is 664. The van der Waals surface area contributed by atoms with Gasteiger partial charge >= 0.3 is 0 Å². The smallest absolute Gasteiger partial charge is 0.111 e. The van der Waals surface area contributed by atoms with Crippen LogP contribution < -0.4 is 0 Å². The van der Waals surface area contributed by atoms with E-state index in [1.54, 1.807) is 12.4 Å². The van der Waals surface area contributed by atoms with Crippen LogP contribution >= 0.6 is 0 Å². The molecule has 0 aromatic carbocycles. The van der Waals surface area contributed by atoms with Crippen LogP contribution in [0, 0.1) is 5.41 Å². The average Bonchev–Trinajstić information content (AvgIpc) is 2.68. The Hall–Kier alpha value is -1.58. The number of hydrogen-bond acceptors (Lipinski definition) is 4. The van der Waals surface area contributed by atoms with Gasteiger partial charge in [-0.15, -0.1) is 0 Å². The number of hydrogen-bond donors (Lipinski definition) is 0. The highest BCUT2D eigenvalue weighted by atomic mass is 15.1. The van der Waals surface area contributed by atoms with Crippen LogP contribution in [0.1, 0.15) is 50.9 Å². The molecule has 2 heterocycles. The van der Waals surface area contributed by atoms with E-state index < -0.39 is 0 Å². The van der Waals surface area contributed by atoms with Gasteiger partial charge in [0.1, 0.15) is 11.0 Å². The second-order valence-corrected chi connectivity index (χ2v) is 6.36. The van der Waals surface area contributed by atoms with Crippen LogP contribution in [0.15, 0.2) is 12.4 Å². The summed E-state index contributed by atoms with van der Waals surface area (Å²) in [5, 5.41) is 7.81. The average molecular weight is 240 g/mol. The highest BCUT2D eigenvalue weighted by molar-refractivity contribution is 5.73. The Morgan fingerprint density at radius 2 is 1.72 bits per heavy atom. The lowest BCUT2D eigenvalue weighted by molar-refractivity contribution is 0.227.